The van der Waals surface area contributed by atoms with Gasteiger partial charge in [0.15, 0.2) is 0 Å². The summed E-state index contributed by atoms with van der Waals surface area (Å²) in [7, 11) is 0. The lowest BCUT2D eigenvalue weighted by atomic mass is 10.2. The Morgan fingerprint density at radius 3 is 2.46 bits per heavy atom. The van der Waals surface area contributed by atoms with Gasteiger partial charge in [-0.25, -0.2) is 4.39 Å². The van der Waals surface area contributed by atoms with Crippen molar-refractivity contribution in [2.24, 2.45) is 0 Å². The van der Waals surface area contributed by atoms with Crippen molar-refractivity contribution >= 4 is 0 Å². The van der Waals surface area contributed by atoms with E-state index >= 15 is 0 Å². The Morgan fingerprint density at radius 2 is 1.92 bits per heavy atom. The van der Waals surface area contributed by atoms with Crippen molar-refractivity contribution in [3.05, 3.63) is 29.8 Å². The summed E-state index contributed by atoms with van der Waals surface area (Å²) >= 11 is 0. The Kier molecular flexibility index (Phi) is 4.30. The maximum absolute atomic E-state index is 12.1. The lowest BCUT2D eigenvalue weighted by molar-refractivity contribution is 0.309. The molecular formula is C11H15FO. The molecule has 0 unspecified atom stereocenters. The van der Waals surface area contributed by atoms with Crippen molar-refractivity contribution in [1.82, 2.24) is 0 Å². The minimum atomic E-state index is -0.408. The van der Waals surface area contributed by atoms with Crippen molar-refractivity contribution in [2.45, 2.75) is 26.4 Å². The Balaban J connectivity index is 2.40. The standard InChI is InChI=1S/C11H15FO/c1-2-3-8-13-11-6-4-10(9-12)5-7-11/h4-7H,2-3,8-9H2,1H3. The fourth-order valence-corrected chi connectivity index (χ4v) is 1.01. The molecule has 0 aliphatic heterocycles. The highest BCUT2D eigenvalue weighted by Crippen LogP contribution is 2.13. The van der Waals surface area contributed by atoms with E-state index in [0.29, 0.717) is 5.56 Å². The van der Waals surface area contributed by atoms with E-state index in [0.717, 1.165) is 25.2 Å². The minimum Gasteiger partial charge on any atom is -0.494 e. The van der Waals surface area contributed by atoms with Crippen LogP contribution in [0.4, 0.5) is 4.39 Å². The molecule has 0 atom stereocenters. The van der Waals surface area contributed by atoms with E-state index in [1.807, 2.05) is 12.1 Å². The van der Waals surface area contributed by atoms with Gasteiger partial charge < -0.3 is 4.74 Å². The number of rotatable bonds is 5. The molecule has 1 nitrogen and oxygen atoms in total. The smallest absolute Gasteiger partial charge is 0.119 e. The lowest BCUT2D eigenvalue weighted by Crippen LogP contribution is -1.96. The van der Waals surface area contributed by atoms with Crippen molar-refractivity contribution in [2.75, 3.05) is 6.61 Å². The number of alkyl halides is 1. The highest BCUT2D eigenvalue weighted by atomic mass is 19.1. The first-order valence-electron chi connectivity index (χ1n) is 4.64. The van der Waals surface area contributed by atoms with Crippen molar-refractivity contribution in [1.29, 1.82) is 0 Å². The Hall–Kier alpha value is -1.05. The topological polar surface area (TPSA) is 9.23 Å². The average Bonchev–Trinajstić information content (AvgIpc) is 2.19. The van der Waals surface area contributed by atoms with Gasteiger partial charge in [-0.05, 0) is 24.1 Å². The van der Waals surface area contributed by atoms with Crippen LogP contribution in [0.15, 0.2) is 24.3 Å². The number of benzene rings is 1. The molecule has 0 aliphatic carbocycles. The van der Waals surface area contributed by atoms with Gasteiger partial charge in [-0.2, -0.15) is 0 Å². The molecular weight excluding hydrogens is 167 g/mol. The summed E-state index contributed by atoms with van der Waals surface area (Å²) in [6, 6.07) is 7.12. The van der Waals surface area contributed by atoms with E-state index in [4.69, 9.17) is 4.74 Å². The third-order valence-corrected chi connectivity index (χ3v) is 1.84. The first-order chi connectivity index (χ1) is 6.36. The van der Waals surface area contributed by atoms with Gasteiger partial charge in [0.25, 0.3) is 0 Å². The van der Waals surface area contributed by atoms with Crippen molar-refractivity contribution in [3.8, 4) is 5.75 Å². The Labute approximate surface area is 78.5 Å². The zero-order valence-electron chi connectivity index (χ0n) is 7.92. The molecule has 0 heterocycles. The molecule has 0 aliphatic rings. The molecule has 13 heavy (non-hydrogen) atoms. The molecule has 2 heteroatoms. The summed E-state index contributed by atoms with van der Waals surface area (Å²) in [6.45, 7) is 2.45. The number of hydrogen-bond acceptors (Lipinski definition) is 1. The number of hydrogen-bond donors (Lipinski definition) is 0. The zero-order valence-corrected chi connectivity index (χ0v) is 7.92. The van der Waals surface area contributed by atoms with Crippen LogP contribution in [-0.4, -0.2) is 6.61 Å². The maximum atomic E-state index is 12.1. The number of unbranched alkanes of at least 4 members (excludes halogenated alkanes) is 1. The number of ether oxygens (including phenoxy) is 1. The summed E-state index contributed by atoms with van der Waals surface area (Å²) in [5.41, 5.74) is 0.697. The van der Waals surface area contributed by atoms with Crippen LogP contribution in [0.1, 0.15) is 25.3 Å². The molecule has 1 aromatic rings. The summed E-state index contributed by atoms with van der Waals surface area (Å²) in [5.74, 6) is 0.825. The predicted molar refractivity (Wildman–Crippen MR) is 51.7 cm³/mol. The first kappa shape index (κ1) is 10.0. The number of halogens is 1. The van der Waals surface area contributed by atoms with Crippen LogP contribution in [0, 0.1) is 0 Å². The van der Waals surface area contributed by atoms with E-state index in [2.05, 4.69) is 6.92 Å². The summed E-state index contributed by atoms with van der Waals surface area (Å²) < 4.78 is 17.5. The fraction of sp³-hybridized carbons (Fsp3) is 0.455. The summed E-state index contributed by atoms with van der Waals surface area (Å²) in [6.07, 6.45) is 2.19. The van der Waals surface area contributed by atoms with Crippen molar-refractivity contribution in [3.63, 3.8) is 0 Å². The molecule has 0 fully saturated rings. The lowest BCUT2D eigenvalue weighted by Gasteiger charge is -2.04. The Morgan fingerprint density at radius 1 is 1.23 bits per heavy atom. The van der Waals surface area contributed by atoms with E-state index < -0.39 is 6.67 Å². The Bertz CT molecular complexity index is 230. The molecule has 0 radical (unpaired) electrons. The van der Waals surface area contributed by atoms with E-state index in [-0.39, 0.29) is 0 Å². The fourth-order valence-electron chi connectivity index (χ4n) is 1.01. The second kappa shape index (κ2) is 5.57. The van der Waals surface area contributed by atoms with Gasteiger partial charge in [0.05, 0.1) is 6.61 Å². The van der Waals surface area contributed by atoms with Crippen LogP contribution in [0.25, 0.3) is 0 Å². The molecule has 0 amide bonds. The van der Waals surface area contributed by atoms with Gasteiger partial charge in [0.2, 0.25) is 0 Å². The highest BCUT2D eigenvalue weighted by Gasteiger charge is 1.94. The molecule has 0 saturated heterocycles. The van der Waals surface area contributed by atoms with E-state index in [1.54, 1.807) is 12.1 Å². The van der Waals surface area contributed by atoms with Gasteiger partial charge >= 0.3 is 0 Å². The van der Waals surface area contributed by atoms with Crippen LogP contribution in [0.5, 0.6) is 5.75 Å². The summed E-state index contributed by atoms with van der Waals surface area (Å²) in [5, 5.41) is 0. The van der Waals surface area contributed by atoms with Gasteiger partial charge in [0.1, 0.15) is 12.4 Å². The molecule has 1 aromatic carbocycles. The van der Waals surface area contributed by atoms with E-state index in [1.165, 1.54) is 0 Å². The van der Waals surface area contributed by atoms with Crippen LogP contribution in [0.2, 0.25) is 0 Å². The molecule has 0 aromatic heterocycles. The molecule has 0 bridgehead atoms. The molecule has 0 spiro atoms. The highest BCUT2D eigenvalue weighted by molar-refractivity contribution is 5.26. The minimum absolute atomic E-state index is 0.408. The van der Waals surface area contributed by atoms with Gasteiger partial charge in [-0.15, -0.1) is 0 Å². The monoisotopic (exact) mass is 182 g/mol. The third-order valence-electron chi connectivity index (χ3n) is 1.84. The second-order valence-corrected chi connectivity index (χ2v) is 2.98. The molecule has 0 N–H and O–H groups in total. The normalized spacial score (nSPS) is 10.0. The van der Waals surface area contributed by atoms with Crippen molar-refractivity contribution < 1.29 is 9.13 Å². The predicted octanol–water partition coefficient (Wildman–Crippen LogP) is 3.34. The van der Waals surface area contributed by atoms with Crippen LogP contribution in [0.3, 0.4) is 0 Å². The van der Waals surface area contributed by atoms with Gasteiger partial charge in [0, 0.05) is 0 Å². The summed E-state index contributed by atoms with van der Waals surface area (Å²) in [4.78, 5) is 0. The first-order valence-corrected chi connectivity index (χ1v) is 4.64. The van der Waals surface area contributed by atoms with Gasteiger partial charge in [-0.1, -0.05) is 25.5 Å². The molecule has 72 valence electrons. The van der Waals surface area contributed by atoms with Crippen LogP contribution in [-0.2, 0) is 6.67 Å². The second-order valence-electron chi connectivity index (χ2n) is 2.98. The molecule has 1 rings (SSSR count). The largest absolute Gasteiger partial charge is 0.494 e. The maximum Gasteiger partial charge on any atom is 0.119 e. The van der Waals surface area contributed by atoms with Gasteiger partial charge in [-0.3, -0.25) is 0 Å². The SMILES string of the molecule is CCCCOc1ccc(CF)cc1. The molecule has 0 saturated carbocycles. The van der Waals surface area contributed by atoms with Crippen LogP contribution < -0.4 is 4.74 Å². The quantitative estimate of drug-likeness (QED) is 0.634. The van der Waals surface area contributed by atoms with E-state index in [9.17, 15) is 4.39 Å². The van der Waals surface area contributed by atoms with Crippen LogP contribution >= 0.6 is 0 Å². The third kappa shape index (κ3) is 3.45. The zero-order chi connectivity index (χ0) is 9.52. The average molecular weight is 182 g/mol.